The fourth-order valence-electron chi connectivity index (χ4n) is 2.78. The second-order valence-electron chi connectivity index (χ2n) is 5.78. The maximum absolute atomic E-state index is 5.99. The first kappa shape index (κ1) is 15.1. The summed E-state index contributed by atoms with van der Waals surface area (Å²) in [6.07, 6.45) is 8.03. The van der Waals surface area contributed by atoms with Crippen LogP contribution in [-0.4, -0.2) is 50.4 Å². The van der Waals surface area contributed by atoms with Crippen molar-refractivity contribution in [2.24, 2.45) is 0 Å². The summed E-state index contributed by atoms with van der Waals surface area (Å²) in [6.45, 7) is 6.86. The van der Waals surface area contributed by atoms with E-state index in [1.807, 2.05) is 19.2 Å². The fraction of sp³-hybridized carbons (Fsp3) is 0.562. The predicted octanol–water partition coefficient (Wildman–Crippen LogP) is 1.66. The number of aryl methyl sites for hydroxylation is 1. The van der Waals surface area contributed by atoms with Crippen molar-refractivity contribution < 1.29 is 4.74 Å². The third kappa shape index (κ3) is 4.11. The number of ether oxygens (including phenoxy) is 1. The van der Waals surface area contributed by atoms with Crippen LogP contribution < -0.4 is 0 Å². The van der Waals surface area contributed by atoms with Gasteiger partial charge in [0.25, 0.3) is 0 Å². The molecular formula is C16H23N5O. The van der Waals surface area contributed by atoms with Gasteiger partial charge in [-0.3, -0.25) is 4.98 Å². The van der Waals surface area contributed by atoms with Gasteiger partial charge in [0.2, 0.25) is 0 Å². The minimum atomic E-state index is 0.369. The molecule has 0 aliphatic carbocycles. The predicted molar refractivity (Wildman–Crippen MR) is 83.2 cm³/mol. The second-order valence-corrected chi connectivity index (χ2v) is 5.78. The molecule has 0 aromatic carbocycles. The van der Waals surface area contributed by atoms with Crippen LogP contribution in [0.5, 0.6) is 0 Å². The Balaban J connectivity index is 1.36. The Labute approximate surface area is 131 Å². The minimum absolute atomic E-state index is 0.369. The molecule has 0 atom stereocenters. The molecule has 3 heterocycles. The summed E-state index contributed by atoms with van der Waals surface area (Å²) < 4.78 is 8.10. The van der Waals surface area contributed by atoms with Gasteiger partial charge in [-0.25, -0.2) is 0 Å². The molecule has 6 heteroatoms. The van der Waals surface area contributed by atoms with Crippen LogP contribution in [0.2, 0.25) is 0 Å². The number of aromatic nitrogens is 4. The first-order chi connectivity index (χ1) is 10.8. The molecule has 1 saturated heterocycles. The Morgan fingerprint density at radius 2 is 2.14 bits per heavy atom. The second kappa shape index (κ2) is 7.47. The first-order valence-corrected chi connectivity index (χ1v) is 7.88. The topological polar surface area (TPSA) is 56.1 Å². The highest BCUT2D eigenvalue weighted by molar-refractivity contribution is 5.06. The van der Waals surface area contributed by atoms with Crippen molar-refractivity contribution in [3.05, 3.63) is 42.2 Å². The zero-order valence-corrected chi connectivity index (χ0v) is 13.1. The Morgan fingerprint density at radius 3 is 2.82 bits per heavy atom. The van der Waals surface area contributed by atoms with Gasteiger partial charge in [0, 0.05) is 38.6 Å². The van der Waals surface area contributed by atoms with Crippen LogP contribution in [0.4, 0.5) is 0 Å². The molecule has 0 saturated carbocycles. The molecule has 0 radical (unpaired) electrons. The van der Waals surface area contributed by atoms with Gasteiger partial charge in [-0.1, -0.05) is 6.07 Å². The molecule has 3 rings (SSSR count). The molecule has 22 heavy (non-hydrogen) atoms. The van der Waals surface area contributed by atoms with E-state index < -0.39 is 0 Å². The lowest BCUT2D eigenvalue weighted by atomic mass is 10.1. The number of rotatable bonds is 6. The van der Waals surface area contributed by atoms with Crippen LogP contribution >= 0.6 is 0 Å². The van der Waals surface area contributed by atoms with Crippen LogP contribution in [0.25, 0.3) is 0 Å². The molecule has 1 aliphatic rings. The summed E-state index contributed by atoms with van der Waals surface area (Å²) in [4.78, 5) is 6.60. The molecule has 0 unspecified atom stereocenters. The Bertz CT molecular complexity index is 563. The normalized spacial score (nSPS) is 17.0. The van der Waals surface area contributed by atoms with E-state index in [0.717, 1.165) is 50.4 Å². The molecule has 118 valence electrons. The van der Waals surface area contributed by atoms with E-state index in [0.29, 0.717) is 12.7 Å². The maximum Gasteiger partial charge on any atom is 0.129 e. The van der Waals surface area contributed by atoms with Crippen LogP contribution in [0.1, 0.15) is 24.2 Å². The molecule has 0 N–H and O–H groups in total. The SMILES string of the molecule is Cc1nncn1CCN1CCC(OCc2cccnc2)CC1. The monoisotopic (exact) mass is 301 g/mol. The van der Waals surface area contributed by atoms with Crippen molar-refractivity contribution in [3.8, 4) is 0 Å². The molecule has 0 spiro atoms. The molecule has 0 amide bonds. The molecule has 1 aliphatic heterocycles. The van der Waals surface area contributed by atoms with E-state index in [4.69, 9.17) is 4.74 Å². The van der Waals surface area contributed by atoms with Gasteiger partial charge in [-0.15, -0.1) is 10.2 Å². The zero-order chi connectivity index (χ0) is 15.2. The fourth-order valence-corrected chi connectivity index (χ4v) is 2.78. The van der Waals surface area contributed by atoms with E-state index in [9.17, 15) is 0 Å². The molecule has 1 fully saturated rings. The summed E-state index contributed by atoms with van der Waals surface area (Å²) in [5, 5.41) is 7.93. The zero-order valence-electron chi connectivity index (χ0n) is 13.1. The van der Waals surface area contributed by atoms with Crippen LogP contribution in [-0.2, 0) is 17.9 Å². The van der Waals surface area contributed by atoms with Gasteiger partial charge in [0.15, 0.2) is 0 Å². The Kier molecular flexibility index (Phi) is 5.13. The molecular weight excluding hydrogens is 278 g/mol. The standard InChI is InChI=1S/C16H23N5O/c1-14-19-18-13-21(14)10-9-20-7-4-16(5-8-20)22-12-15-3-2-6-17-11-15/h2-3,6,11,13,16H,4-5,7-10,12H2,1H3. The van der Waals surface area contributed by atoms with Gasteiger partial charge in [0.1, 0.15) is 12.2 Å². The summed E-state index contributed by atoms with van der Waals surface area (Å²) in [5.74, 6) is 0.981. The van der Waals surface area contributed by atoms with Crippen molar-refractivity contribution in [1.29, 1.82) is 0 Å². The average Bonchev–Trinajstić information content (AvgIpc) is 2.98. The van der Waals surface area contributed by atoms with Crippen LogP contribution in [0.15, 0.2) is 30.9 Å². The van der Waals surface area contributed by atoms with Crippen molar-refractivity contribution >= 4 is 0 Å². The number of piperidine rings is 1. The van der Waals surface area contributed by atoms with Crippen molar-refractivity contribution in [2.75, 3.05) is 19.6 Å². The number of likely N-dealkylation sites (tertiary alicyclic amines) is 1. The first-order valence-electron chi connectivity index (χ1n) is 7.88. The Hall–Kier alpha value is -1.79. The van der Waals surface area contributed by atoms with E-state index in [2.05, 4.69) is 30.7 Å². The Morgan fingerprint density at radius 1 is 1.27 bits per heavy atom. The maximum atomic E-state index is 5.99. The lowest BCUT2D eigenvalue weighted by Gasteiger charge is -2.31. The highest BCUT2D eigenvalue weighted by Crippen LogP contribution is 2.15. The lowest BCUT2D eigenvalue weighted by Crippen LogP contribution is -2.38. The summed E-state index contributed by atoms with van der Waals surface area (Å²) in [5.41, 5.74) is 1.15. The van der Waals surface area contributed by atoms with Crippen LogP contribution in [0, 0.1) is 6.92 Å². The van der Waals surface area contributed by atoms with Crippen molar-refractivity contribution in [2.45, 2.75) is 39.0 Å². The van der Waals surface area contributed by atoms with E-state index in [-0.39, 0.29) is 0 Å². The summed E-state index contributed by atoms with van der Waals surface area (Å²) >= 11 is 0. The number of hydrogen-bond donors (Lipinski definition) is 0. The highest BCUT2D eigenvalue weighted by atomic mass is 16.5. The van der Waals surface area contributed by atoms with Gasteiger partial charge in [-0.2, -0.15) is 0 Å². The van der Waals surface area contributed by atoms with Gasteiger partial charge in [0.05, 0.1) is 12.7 Å². The largest absolute Gasteiger partial charge is 0.373 e. The lowest BCUT2D eigenvalue weighted by molar-refractivity contribution is -0.00304. The summed E-state index contributed by atoms with van der Waals surface area (Å²) in [6, 6.07) is 4.01. The smallest absolute Gasteiger partial charge is 0.129 e. The van der Waals surface area contributed by atoms with Gasteiger partial charge < -0.3 is 14.2 Å². The summed E-state index contributed by atoms with van der Waals surface area (Å²) in [7, 11) is 0. The third-order valence-electron chi connectivity index (χ3n) is 4.21. The quantitative estimate of drug-likeness (QED) is 0.812. The third-order valence-corrected chi connectivity index (χ3v) is 4.21. The van der Waals surface area contributed by atoms with Crippen molar-refractivity contribution in [1.82, 2.24) is 24.6 Å². The number of pyridine rings is 1. The van der Waals surface area contributed by atoms with Crippen molar-refractivity contribution in [3.63, 3.8) is 0 Å². The minimum Gasteiger partial charge on any atom is -0.373 e. The van der Waals surface area contributed by atoms with Gasteiger partial charge in [-0.05, 0) is 31.4 Å². The highest BCUT2D eigenvalue weighted by Gasteiger charge is 2.19. The number of nitrogens with zero attached hydrogens (tertiary/aromatic N) is 5. The number of hydrogen-bond acceptors (Lipinski definition) is 5. The van der Waals surface area contributed by atoms with E-state index in [1.165, 1.54) is 0 Å². The average molecular weight is 301 g/mol. The molecule has 6 nitrogen and oxygen atoms in total. The van der Waals surface area contributed by atoms with E-state index >= 15 is 0 Å². The van der Waals surface area contributed by atoms with Crippen LogP contribution in [0.3, 0.4) is 0 Å². The molecule has 2 aromatic rings. The molecule has 2 aromatic heterocycles. The van der Waals surface area contributed by atoms with Gasteiger partial charge >= 0.3 is 0 Å². The van der Waals surface area contributed by atoms with E-state index in [1.54, 1.807) is 12.5 Å². The molecule has 0 bridgehead atoms.